The van der Waals surface area contributed by atoms with Crippen molar-refractivity contribution in [2.24, 2.45) is 4.36 Å². The fraction of sp³-hybridized carbons (Fsp3) is 0.278. The van der Waals surface area contributed by atoms with Gasteiger partial charge in [0.1, 0.15) is 15.3 Å². The molecule has 9 heteroatoms. The van der Waals surface area contributed by atoms with E-state index in [0.29, 0.717) is 4.47 Å². The van der Waals surface area contributed by atoms with E-state index in [9.17, 15) is 13.8 Å². The van der Waals surface area contributed by atoms with E-state index in [-0.39, 0.29) is 15.4 Å². The molecule has 1 atom stereocenters. The molecule has 0 spiro atoms. The highest BCUT2D eigenvalue weighted by Crippen LogP contribution is 2.26. The van der Waals surface area contributed by atoms with Crippen molar-refractivity contribution in [3.63, 3.8) is 0 Å². The number of rotatable bonds is 3. The average molecular weight is 455 g/mol. The molecule has 1 unspecified atom stereocenters. The van der Waals surface area contributed by atoms with E-state index < -0.39 is 27.4 Å². The number of carbonyl (C=O) groups is 2. The van der Waals surface area contributed by atoms with Gasteiger partial charge in [-0.3, -0.25) is 4.98 Å². The summed E-state index contributed by atoms with van der Waals surface area (Å²) in [6, 6.07) is 7.40. The molecule has 0 saturated heterocycles. The summed E-state index contributed by atoms with van der Waals surface area (Å²) in [7, 11) is -2.12. The summed E-state index contributed by atoms with van der Waals surface area (Å²) in [6.45, 7) is 5.07. The normalized spacial score (nSPS) is 13.4. The standard InChI is InChI=1S/C18H19BrN2O5S/c1-18(2,3)26-17(23)21-27(24,15-9-13(19)10-20-11-15)14-7-5-12(6-8-14)16(22)25-4/h5-11H,1-4H3. The molecule has 27 heavy (non-hydrogen) atoms. The Hall–Kier alpha value is -2.26. The molecule has 1 amide bonds. The number of nitrogens with zero attached hydrogens (tertiary/aromatic N) is 2. The van der Waals surface area contributed by atoms with Gasteiger partial charge in [0.25, 0.3) is 0 Å². The largest absolute Gasteiger partial charge is 0.465 e. The number of methoxy groups -OCH3 is 1. The Morgan fingerprint density at radius 3 is 2.26 bits per heavy atom. The van der Waals surface area contributed by atoms with Crippen molar-refractivity contribution in [2.45, 2.75) is 36.2 Å². The predicted octanol–water partition coefficient (Wildman–Crippen LogP) is 4.45. The topological polar surface area (TPSA) is 94.9 Å². The average Bonchev–Trinajstić information content (AvgIpc) is 2.59. The molecule has 0 aliphatic heterocycles. The Balaban J connectivity index is 2.62. The maximum absolute atomic E-state index is 13.7. The number of benzene rings is 1. The summed E-state index contributed by atoms with van der Waals surface area (Å²) in [5.41, 5.74) is -0.502. The number of ether oxygens (including phenoxy) is 2. The molecule has 0 fully saturated rings. The SMILES string of the molecule is COC(=O)c1ccc(S(=O)(=NC(=O)OC(C)(C)C)c2cncc(Br)c2)cc1. The maximum atomic E-state index is 13.7. The van der Waals surface area contributed by atoms with Crippen LogP contribution in [0.25, 0.3) is 0 Å². The molecule has 2 aromatic rings. The molecule has 1 heterocycles. The lowest BCUT2D eigenvalue weighted by molar-refractivity contribution is 0.0593. The lowest BCUT2D eigenvalue weighted by atomic mass is 10.2. The van der Waals surface area contributed by atoms with E-state index in [1.54, 1.807) is 26.8 Å². The van der Waals surface area contributed by atoms with Gasteiger partial charge in [-0.15, -0.1) is 4.36 Å². The fourth-order valence-electron chi connectivity index (χ4n) is 2.06. The van der Waals surface area contributed by atoms with E-state index in [4.69, 9.17) is 4.74 Å². The van der Waals surface area contributed by atoms with Crippen molar-refractivity contribution >= 4 is 37.7 Å². The molecule has 0 radical (unpaired) electrons. The molecule has 144 valence electrons. The first-order valence-corrected chi connectivity index (χ1v) is 10.1. The Bertz CT molecular complexity index is 974. The van der Waals surface area contributed by atoms with Gasteiger partial charge in [0, 0.05) is 16.9 Å². The number of pyridine rings is 1. The third-order valence-corrected chi connectivity index (χ3v) is 5.80. The number of halogens is 1. The van der Waals surface area contributed by atoms with Crippen LogP contribution in [0.4, 0.5) is 4.79 Å². The van der Waals surface area contributed by atoms with Crippen LogP contribution in [0.5, 0.6) is 0 Å². The molecule has 1 aromatic carbocycles. The minimum absolute atomic E-state index is 0.230. The number of hydrogen-bond donors (Lipinski definition) is 0. The summed E-state index contributed by atoms with van der Waals surface area (Å²) in [5, 5.41) is 0. The molecule has 0 saturated carbocycles. The van der Waals surface area contributed by atoms with Gasteiger partial charge in [-0.25, -0.2) is 13.8 Å². The highest BCUT2D eigenvalue weighted by molar-refractivity contribution is 9.10. The van der Waals surface area contributed by atoms with Crippen LogP contribution >= 0.6 is 15.9 Å². The zero-order valence-electron chi connectivity index (χ0n) is 15.3. The summed E-state index contributed by atoms with van der Waals surface area (Å²) in [5.74, 6) is -0.527. The molecule has 0 aliphatic rings. The predicted molar refractivity (Wildman–Crippen MR) is 103 cm³/mol. The van der Waals surface area contributed by atoms with Crippen LogP contribution in [0.2, 0.25) is 0 Å². The third kappa shape index (κ3) is 5.36. The fourth-order valence-corrected chi connectivity index (χ4v) is 4.31. The Morgan fingerprint density at radius 2 is 1.74 bits per heavy atom. The number of aromatic nitrogens is 1. The zero-order chi connectivity index (χ0) is 20.2. The Kier molecular flexibility index (Phi) is 6.38. The van der Waals surface area contributed by atoms with E-state index in [1.807, 2.05) is 0 Å². The molecule has 0 bridgehead atoms. The van der Waals surface area contributed by atoms with Gasteiger partial charge in [-0.05, 0) is 67.0 Å². The number of hydrogen-bond acceptors (Lipinski definition) is 6. The van der Waals surface area contributed by atoms with Gasteiger partial charge in [-0.2, -0.15) is 0 Å². The number of amides is 1. The molecule has 2 rings (SSSR count). The van der Waals surface area contributed by atoms with E-state index in [2.05, 4.69) is 30.0 Å². The minimum Gasteiger partial charge on any atom is -0.465 e. The van der Waals surface area contributed by atoms with Gasteiger partial charge >= 0.3 is 12.1 Å². The number of esters is 1. The second kappa shape index (κ2) is 8.18. The monoisotopic (exact) mass is 454 g/mol. The molecule has 1 aromatic heterocycles. The summed E-state index contributed by atoms with van der Waals surface area (Å²) in [4.78, 5) is 28.3. The lowest BCUT2D eigenvalue weighted by Gasteiger charge is -2.18. The summed E-state index contributed by atoms with van der Waals surface area (Å²) in [6.07, 6.45) is 1.94. The summed E-state index contributed by atoms with van der Waals surface area (Å²) >= 11 is 3.28. The van der Waals surface area contributed by atoms with Crippen molar-refractivity contribution in [2.75, 3.05) is 7.11 Å². The van der Waals surface area contributed by atoms with Crippen LogP contribution in [0.15, 0.2) is 61.4 Å². The van der Waals surface area contributed by atoms with Crippen LogP contribution in [-0.4, -0.2) is 34.0 Å². The maximum Gasteiger partial charge on any atom is 0.442 e. The minimum atomic E-state index is -3.38. The second-order valence-electron chi connectivity index (χ2n) is 6.45. The highest BCUT2D eigenvalue weighted by Gasteiger charge is 2.23. The van der Waals surface area contributed by atoms with Crippen LogP contribution < -0.4 is 0 Å². The van der Waals surface area contributed by atoms with E-state index >= 15 is 0 Å². The Morgan fingerprint density at radius 1 is 1.11 bits per heavy atom. The molecular weight excluding hydrogens is 436 g/mol. The van der Waals surface area contributed by atoms with Crippen molar-refractivity contribution in [3.8, 4) is 0 Å². The van der Waals surface area contributed by atoms with E-state index in [1.165, 1.54) is 43.8 Å². The van der Waals surface area contributed by atoms with E-state index in [0.717, 1.165) is 0 Å². The first-order valence-electron chi connectivity index (χ1n) is 7.84. The zero-order valence-corrected chi connectivity index (χ0v) is 17.7. The number of carbonyl (C=O) groups excluding carboxylic acids is 2. The van der Waals surface area contributed by atoms with Crippen LogP contribution in [-0.2, 0) is 19.2 Å². The van der Waals surface area contributed by atoms with Crippen LogP contribution in [0.1, 0.15) is 31.1 Å². The van der Waals surface area contributed by atoms with Gasteiger partial charge < -0.3 is 9.47 Å². The first-order chi connectivity index (χ1) is 12.5. The molecule has 0 aliphatic carbocycles. The Labute approximate surface area is 166 Å². The third-order valence-electron chi connectivity index (χ3n) is 3.19. The molecular formula is C18H19BrN2O5S. The summed E-state index contributed by atoms with van der Waals surface area (Å²) < 4.78 is 28.0. The van der Waals surface area contributed by atoms with Gasteiger partial charge in [0.15, 0.2) is 0 Å². The lowest BCUT2D eigenvalue weighted by Crippen LogP contribution is -2.22. The van der Waals surface area contributed by atoms with Gasteiger partial charge in [0.2, 0.25) is 0 Å². The smallest absolute Gasteiger partial charge is 0.442 e. The van der Waals surface area contributed by atoms with Crippen molar-refractivity contribution in [3.05, 3.63) is 52.8 Å². The molecule has 0 N–H and O–H groups in total. The van der Waals surface area contributed by atoms with Crippen LogP contribution in [0, 0.1) is 0 Å². The molecule has 7 nitrogen and oxygen atoms in total. The van der Waals surface area contributed by atoms with Crippen molar-refractivity contribution < 1.29 is 23.3 Å². The van der Waals surface area contributed by atoms with Crippen LogP contribution in [0.3, 0.4) is 0 Å². The first kappa shape index (κ1) is 21.0. The second-order valence-corrected chi connectivity index (χ2v) is 9.55. The van der Waals surface area contributed by atoms with Gasteiger partial charge in [0.05, 0.1) is 22.5 Å². The highest BCUT2D eigenvalue weighted by atomic mass is 79.9. The van der Waals surface area contributed by atoms with Gasteiger partial charge in [-0.1, -0.05) is 0 Å². The van der Waals surface area contributed by atoms with Crippen molar-refractivity contribution in [1.82, 2.24) is 4.98 Å². The van der Waals surface area contributed by atoms with Crippen molar-refractivity contribution in [1.29, 1.82) is 0 Å². The quantitative estimate of drug-likeness (QED) is 0.635.